The van der Waals surface area contributed by atoms with Crippen LogP contribution in [0.2, 0.25) is 0 Å². The lowest BCUT2D eigenvalue weighted by molar-refractivity contribution is 0.527. The van der Waals surface area contributed by atoms with E-state index in [0.717, 1.165) is 10.7 Å². The van der Waals surface area contributed by atoms with E-state index < -0.39 is 20.2 Å². The topological polar surface area (TPSA) is 95.6 Å². The maximum atomic E-state index is 12.1. The first-order valence-corrected chi connectivity index (χ1v) is 9.77. The SMILES string of the molecule is CC(C)CCNS(=O)(=O)c1ccc(NS(=O)(=O)N(C)C)cc1. The van der Waals surface area contributed by atoms with Gasteiger partial charge < -0.3 is 0 Å². The highest BCUT2D eigenvalue weighted by Crippen LogP contribution is 2.15. The van der Waals surface area contributed by atoms with E-state index >= 15 is 0 Å². The molecule has 0 amide bonds. The van der Waals surface area contributed by atoms with Gasteiger partial charge in [0.2, 0.25) is 10.0 Å². The first-order chi connectivity index (χ1) is 10.0. The zero-order valence-electron chi connectivity index (χ0n) is 13.2. The maximum absolute atomic E-state index is 12.1. The lowest BCUT2D eigenvalue weighted by atomic mass is 10.1. The Hall–Kier alpha value is -1.16. The Morgan fingerprint density at radius 1 is 1.05 bits per heavy atom. The van der Waals surface area contributed by atoms with Crippen LogP contribution >= 0.6 is 0 Å². The minimum atomic E-state index is -3.61. The summed E-state index contributed by atoms with van der Waals surface area (Å²) in [6, 6.07) is 5.56. The van der Waals surface area contributed by atoms with Gasteiger partial charge in [-0.15, -0.1) is 0 Å². The summed E-state index contributed by atoms with van der Waals surface area (Å²) in [5.74, 6) is 0.408. The Balaban J connectivity index is 2.80. The predicted molar refractivity (Wildman–Crippen MR) is 87.3 cm³/mol. The second-order valence-corrected chi connectivity index (χ2v) is 9.15. The van der Waals surface area contributed by atoms with Gasteiger partial charge in [-0.3, -0.25) is 4.72 Å². The Bertz CT molecular complexity index is 681. The van der Waals surface area contributed by atoms with E-state index in [1.54, 1.807) is 0 Å². The molecule has 9 heteroatoms. The molecule has 1 aromatic rings. The van der Waals surface area contributed by atoms with Crippen LogP contribution in [0.4, 0.5) is 5.69 Å². The summed E-state index contributed by atoms with van der Waals surface area (Å²) in [6.07, 6.45) is 0.750. The summed E-state index contributed by atoms with van der Waals surface area (Å²) in [4.78, 5) is 0.101. The van der Waals surface area contributed by atoms with Gasteiger partial charge in [-0.1, -0.05) is 13.8 Å². The molecule has 0 aliphatic rings. The molecule has 22 heavy (non-hydrogen) atoms. The fraction of sp³-hybridized carbons (Fsp3) is 0.538. The second kappa shape index (κ2) is 7.40. The molecule has 0 saturated heterocycles. The maximum Gasteiger partial charge on any atom is 0.301 e. The van der Waals surface area contributed by atoms with Crippen molar-refractivity contribution in [3.8, 4) is 0 Å². The number of benzene rings is 1. The lowest BCUT2D eigenvalue weighted by Gasteiger charge is -2.13. The molecule has 0 aromatic heterocycles. The number of nitrogens with one attached hydrogen (secondary N) is 2. The molecule has 2 N–H and O–H groups in total. The number of anilines is 1. The fourth-order valence-electron chi connectivity index (χ4n) is 1.51. The molecule has 0 aliphatic heterocycles. The van der Waals surface area contributed by atoms with Gasteiger partial charge in [-0.25, -0.2) is 13.1 Å². The Kier molecular flexibility index (Phi) is 6.36. The third-order valence-corrected chi connectivity index (χ3v) is 5.84. The molecule has 0 fully saturated rings. The highest BCUT2D eigenvalue weighted by molar-refractivity contribution is 7.90. The molecular formula is C13H23N3O4S2. The summed E-state index contributed by atoms with van der Waals surface area (Å²) >= 11 is 0. The van der Waals surface area contributed by atoms with Crippen molar-refractivity contribution < 1.29 is 16.8 Å². The van der Waals surface area contributed by atoms with Crippen LogP contribution in [0, 0.1) is 5.92 Å². The molecule has 0 bridgehead atoms. The number of nitrogens with zero attached hydrogens (tertiary/aromatic N) is 1. The fourth-order valence-corrected chi connectivity index (χ4v) is 3.17. The smallest absolute Gasteiger partial charge is 0.271 e. The van der Waals surface area contributed by atoms with Gasteiger partial charge in [0.15, 0.2) is 0 Å². The molecule has 0 saturated carbocycles. The first-order valence-electron chi connectivity index (χ1n) is 6.84. The average Bonchev–Trinajstić information content (AvgIpc) is 2.38. The van der Waals surface area contributed by atoms with Crippen molar-refractivity contribution in [3.63, 3.8) is 0 Å². The van der Waals surface area contributed by atoms with Crippen molar-refractivity contribution in [1.82, 2.24) is 9.03 Å². The van der Waals surface area contributed by atoms with Crippen LogP contribution in [0.25, 0.3) is 0 Å². The van der Waals surface area contributed by atoms with Gasteiger partial charge in [-0.05, 0) is 36.6 Å². The zero-order valence-corrected chi connectivity index (χ0v) is 14.8. The highest BCUT2D eigenvalue weighted by atomic mass is 32.2. The van der Waals surface area contributed by atoms with Crippen LogP contribution in [0.3, 0.4) is 0 Å². The van der Waals surface area contributed by atoms with E-state index in [2.05, 4.69) is 9.44 Å². The van der Waals surface area contributed by atoms with Gasteiger partial charge in [0, 0.05) is 26.3 Å². The predicted octanol–water partition coefficient (Wildman–Crippen LogP) is 1.23. The third-order valence-electron chi connectivity index (χ3n) is 2.91. The molecule has 7 nitrogen and oxygen atoms in total. The van der Waals surface area contributed by atoms with E-state index in [-0.39, 0.29) is 4.90 Å². The monoisotopic (exact) mass is 349 g/mol. The Labute approximate surface area is 133 Å². The Morgan fingerprint density at radius 3 is 2.05 bits per heavy atom. The second-order valence-electron chi connectivity index (χ2n) is 5.49. The summed E-state index contributed by atoms with van der Waals surface area (Å²) in [5.41, 5.74) is 0.301. The van der Waals surface area contributed by atoms with Gasteiger partial charge in [-0.2, -0.15) is 12.7 Å². The minimum absolute atomic E-state index is 0.101. The zero-order chi connectivity index (χ0) is 17.0. The number of rotatable bonds is 8. The highest BCUT2D eigenvalue weighted by Gasteiger charge is 2.16. The van der Waals surface area contributed by atoms with Crippen molar-refractivity contribution in [2.75, 3.05) is 25.4 Å². The molecule has 126 valence electrons. The van der Waals surface area contributed by atoms with Gasteiger partial charge in [0.05, 0.1) is 4.90 Å². The normalized spacial score (nSPS) is 12.8. The Morgan fingerprint density at radius 2 is 1.59 bits per heavy atom. The molecule has 0 aliphatic carbocycles. The molecule has 0 unspecified atom stereocenters. The molecule has 0 heterocycles. The summed E-state index contributed by atoms with van der Waals surface area (Å²) in [5, 5.41) is 0. The minimum Gasteiger partial charge on any atom is -0.271 e. The van der Waals surface area contributed by atoms with Crippen LogP contribution in [-0.4, -0.2) is 41.8 Å². The van der Waals surface area contributed by atoms with E-state index in [4.69, 9.17) is 0 Å². The van der Waals surface area contributed by atoms with E-state index in [0.29, 0.717) is 18.2 Å². The van der Waals surface area contributed by atoms with Crippen LogP contribution in [0.15, 0.2) is 29.2 Å². The molecular weight excluding hydrogens is 326 g/mol. The van der Waals surface area contributed by atoms with Crippen molar-refractivity contribution in [2.45, 2.75) is 25.2 Å². The summed E-state index contributed by atoms with van der Waals surface area (Å²) in [6.45, 7) is 4.40. The van der Waals surface area contributed by atoms with Crippen LogP contribution in [0.1, 0.15) is 20.3 Å². The lowest BCUT2D eigenvalue weighted by Crippen LogP contribution is -2.29. The quantitative estimate of drug-likeness (QED) is 0.738. The van der Waals surface area contributed by atoms with E-state index in [1.807, 2.05) is 13.8 Å². The molecule has 0 radical (unpaired) electrons. The molecule has 0 spiro atoms. The van der Waals surface area contributed by atoms with Crippen molar-refractivity contribution in [2.24, 2.45) is 5.92 Å². The van der Waals surface area contributed by atoms with Gasteiger partial charge in [0.25, 0.3) is 0 Å². The average molecular weight is 349 g/mol. The van der Waals surface area contributed by atoms with Crippen molar-refractivity contribution >= 4 is 25.9 Å². The third kappa shape index (κ3) is 5.56. The van der Waals surface area contributed by atoms with Crippen molar-refractivity contribution in [3.05, 3.63) is 24.3 Å². The van der Waals surface area contributed by atoms with Crippen LogP contribution in [-0.2, 0) is 20.2 Å². The first kappa shape index (κ1) is 18.9. The number of sulfonamides is 1. The number of hydrogen-bond donors (Lipinski definition) is 2. The molecule has 1 rings (SSSR count). The summed E-state index contributed by atoms with van der Waals surface area (Å²) < 4.78 is 53.4. The molecule has 0 atom stereocenters. The van der Waals surface area contributed by atoms with Crippen molar-refractivity contribution in [1.29, 1.82) is 0 Å². The summed E-state index contributed by atoms with van der Waals surface area (Å²) in [7, 11) is -4.37. The number of hydrogen-bond acceptors (Lipinski definition) is 4. The van der Waals surface area contributed by atoms with E-state index in [9.17, 15) is 16.8 Å². The van der Waals surface area contributed by atoms with Crippen LogP contribution in [0.5, 0.6) is 0 Å². The van der Waals surface area contributed by atoms with E-state index in [1.165, 1.54) is 38.4 Å². The largest absolute Gasteiger partial charge is 0.301 e. The van der Waals surface area contributed by atoms with Gasteiger partial charge >= 0.3 is 10.2 Å². The van der Waals surface area contributed by atoms with Crippen LogP contribution < -0.4 is 9.44 Å². The standard InChI is InChI=1S/C13H23N3O4S2/c1-11(2)9-10-14-21(17,18)13-7-5-12(6-8-13)15-22(19,20)16(3)4/h5-8,11,14-15H,9-10H2,1-4H3. The molecule has 1 aromatic carbocycles. The van der Waals surface area contributed by atoms with Gasteiger partial charge in [0.1, 0.15) is 0 Å².